The van der Waals surface area contributed by atoms with Crippen LogP contribution in [0, 0.1) is 5.92 Å². The van der Waals surface area contributed by atoms with Crippen LogP contribution in [-0.2, 0) is 4.79 Å². The van der Waals surface area contributed by atoms with Crippen molar-refractivity contribution in [2.24, 2.45) is 5.92 Å². The summed E-state index contributed by atoms with van der Waals surface area (Å²) in [6.45, 7) is 6.49. The fraction of sp³-hybridized carbons (Fsp3) is 0.938. The minimum atomic E-state index is -4.60. The molecule has 0 aromatic rings. The molecule has 0 aliphatic carbocycles. The van der Waals surface area contributed by atoms with E-state index in [4.69, 9.17) is 0 Å². The summed E-state index contributed by atoms with van der Waals surface area (Å²) in [6.07, 6.45) is -2.31. The van der Waals surface area contributed by atoms with E-state index < -0.39 is 11.8 Å². The highest BCUT2D eigenvalue weighted by molar-refractivity contribution is 5.78. The molecule has 7 heteroatoms. The smallest absolute Gasteiger partial charge is 0.380 e. The van der Waals surface area contributed by atoms with Crippen molar-refractivity contribution in [2.45, 2.75) is 70.7 Å². The minimum absolute atomic E-state index is 0.0677. The van der Waals surface area contributed by atoms with Crippen molar-refractivity contribution in [3.05, 3.63) is 0 Å². The topological polar surface area (TPSA) is 52.6 Å². The maximum absolute atomic E-state index is 12.7. The van der Waals surface area contributed by atoms with Crippen LogP contribution in [0.25, 0.3) is 0 Å². The molecule has 0 aromatic carbocycles. The van der Waals surface area contributed by atoms with Gasteiger partial charge in [-0.3, -0.25) is 9.69 Å². The molecule has 0 spiro atoms. The predicted octanol–water partition coefficient (Wildman–Crippen LogP) is 2.71. The van der Waals surface area contributed by atoms with Crippen molar-refractivity contribution in [1.29, 1.82) is 0 Å². The second-order valence-electron chi connectivity index (χ2n) is 7.10. The quantitative estimate of drug-likeness (QED) is 0.750. The molecule has 1 amide bonds. The molecule has 1 heterocycles. The second-order valence-corrected chi connectivity index (χ2v) is 7.10. The second kappa shape index (κ2) is 8.33. The molecule has 0 bridgehead atoms. The van der Waals surface area contributed by atoms with E-state index in [1.54, 1.807) is 4.90 Å². The molecule has 4 nitrogen and oxygen atoms in total. The number of likely N-dealkylation sites (tertiary alicyclic amines) is 1. The van der Waals surface area contributed by atoms with Gasteiger partial charge in [0, 0.05) is 19.1 Å². The molecule has 136 valence electrons. The van der Waals surface area contributed by atoms with Gasteiger partial charge in [0.2, 0.25) is 5.91 Å². The van der Waals surface area contributed by atoms with Crippen molar-refractivity contribution in [1.82, 2.24) is 10.2 Å². The Kier molecular flexibility index (Phi) is 7.32. The van der Waals surface area contributed by atoms with Gasteiger partial charge in [0.05, 0.1) is 6.54 Å². The van der Waals surface area contributed by atoms with E-state index >= 15 is 0 Å². The fourth-order valence-electron chi connectivity index (χ4n) is 2.79. The Morgan fingerprint density at radius 2 is 1.78 bits per heavy atom. The summed E-state index contributed by atoms with van der Waals surface area (Å²) in [5.41, 5.74) is -2.61. The van der Waals surface area contributed by atoms with E-state index in [-0.39, 0.29) is 44.4 Å². The number of carbonyl (C=O) groups is 1. The number of halogens is 3. The Morgan fingerprint density at radius 1 is 1.22 bits per heavy atom. The van der Waals surface area contributed by atoms with Gasteiger partial charge in [-0.25, -0.2) is 0 Å². The summed E-state index contributed by atoms with van der Waals surface area (Å²) in [5.74, 6) is 0.470. The van der Waals surface area contributed by atoms with E-state index in [9.17, 15) is 23.1 Å². The Labute approximate surface area is 136 Å². The highest BCUT2D eigenvalue weighted by atomic mass is 19.4. The highest BCUT2D eigenvalue weighted by Crippen LogP contribution is 2.38. The van der Waals surface area contributed by atoms with E-state index in [1.807, 2.05) is 6.92 Å². The largest absolute Gasteiger partial charge is 0.417 e. The average Bonchev–Trinajstić information content (AvgIpc) is 2.39. The number of piperidine rings is 1. The SMILES string of the molecule is CC(C)CCCC(C)NC(=O)CN1CCC(O)(C(F)(F)F)CC1. The number of amides is 1. The van der Waals surface area contributed by atoms with Crippen LogP contribution in [0.5, 0.6) is 0 Å². The molecule has 1 unspecified atom stereocenters. The van der Waals surface area contributed by atoms with Crippen LogP contribution in [0.15, 0.2) is 0 Å². The number of rotatable bonds is 7. The van der Waals surface area contributed by atoms with Gasteiger partial charge in [-0.05, 0) is 32.1 Å². The Bertz CT molecular complexity index is 378. The van der Waals surface area contributed by atoms with Crippen molar-refractivity contribution in [3.8, 4) is 0 Å². The number of aliphatic hydroxyl groups is 1. The van der Waals surface area contributed by atoms with E-state index in [1.165, 1.54) is 0 Å². The first-order chi connectivity index (χ1) is 10.5. The molecule has 1 atom stereocenters. The van der Waals surface area contributed by atoms with Gasteiger partial charge < -0.3 is 10.4 Å². The van der Waals surface area contributed by atoms with Crippen LogP contribution < -0.4 is 5.32 Å². The molecule has 1 saturated heterocycles. The lowest BCUT2D eigenvalue weighted by Crippen LogP contribution is -2.54. The van der Waals surface area contributed by atoms with Gasteiger partial charge >= 0.3 is 6.18 Å². The standard InChI is InChI=1S/C16H29F3N2O2/c1-12(2)5-4-6-13(3)20-14(22)11-21-9-7-15(23,8-10-21)16(17,18)19/h12-13,23H,4-11H2,1-3H3,(H,20,22). The molecule has 1 fully saturated rings. The first-order valence-electron chi connectivity index (χ1n) is 8.34. The van der Waals surface area contributed by atoms with Crippen LogP contribution in [0.4, 0.5) is 13.2 Å². The zero-order chi connectivity index (χ0) is 17.7. The third-order valence-electron chi connectivity index (χ3n) is 4.40. The molecular formula is C16H29F3N2O2. The molecule has 0 aromatic heterocycles. The lowest BCUT2D eigenvalue weighted by molar-refractivity contribution is -0.272. The maximum atomic E-state index is 12.7. The molecule has 1 rings (SSSR count). The zero-order valence-corrected chi connectivity index (χ0v) is 14.2. The van der Waals surface area contributed by atoms with Crippen molar-refractivity contribution in [3.63, 3.8) is 0 Å². The first kappa shape index (κ1) is 20.2. The van der Waals surface area contributed by atoms with Gasteiger partial charge in [-0.2, -0.15) is 13.2 Å². The highest BCUT2D eigenvalue weighted by Gasteiger charge is 2.54. The number of hydrogen-bond acceptors (Lipinski definition) is 3. The van der Waals surface area contributed by atoms with E-state index in [0.717, 1.165) is 19.3 Å². The third-order valence-corrected chi connectivity index (χ3v) is 4.40. The Hall–Kier alpha value is -0.820. The molecule has 23 heavy (non-hydrogen) atoms. The molecule has 0 saturated carbocycles. The number of hydrogen-bond donors (Lipinski definition) is 2. The van der Waals surface area contributed by atoms with Gasteiger partial charge in [-0.15, -0.1) is 0 Å². The summed E-state index contributed by atoms with van der Waals surface area (Å²) in [6, 6.07) is 0.0677. The lowest BCUT2D eigenvalue weighted by Gasteiger charge is -2.38. The molecule has 2 N–H and O–H groups in total. The average molecular weight is 338 g/mol. The number of alkyl halides is 3. The van der Waals surface area contributed by atoms with Crippen LogP contribution in [-0.4, -0.2) is 53.4 Å². The van der Waals surface area contributed by atoms with Crippen LogP contribution >= 0.6 is 0 Å². The van der Waals surface area contributed by atoms with Crippen molar-refractivity contribution < 1.29 is 23.1 Å². The zero-order valence-electron chi connectivity index (χ0n) is 14.2. The maximum Gasteiger partial charge on any atom is 0.417 e. The van der Waals surface area contributed by atoms with Crippen LogP contribution in [0.2, 0.25) is 0 Å². The summed E-state index contributed by atoms with van der Waals surface area (Å²) in [5, 5.41) is 12.5. The lowest BCUT2D eigenvalue weighted by atomic mass is 9.91. The molecule has 0 radical (unpaired) electrons. The van der Waals surface area contributed by atoms with E-state index in [2.05, 4.69) is 19.2 Å². The predicted molar refractivity (Wildman–Crippen MR) is 83.0 cm³/mol. The first-order valence-corrected chi connectivity index (χ1v) is 8.34. The van der Waals surface area contributed by atoms with Gasteiger partial charge in [0.1, 0.15) is 0 Å². The molecule has 1 aliphatic rings. The third kappa shape index (κ3) is 6.67. The number of nitrogens with one attached hydrogen (secondary N) is 1. The van der Waals surface area contributed by atoms with Crippen molar-refractivity contribution >= 4 is 5.91 Å². The summed E-state index contributed by atoms with van der Waals surface area (Å²) in [4.78, 5) is 13.6. The van der Waals surface area contributed by atoms with E-state index in [0.29, 0.717) is 5.92 Å². The van der Waals surface area contributed by atoms with Crippen LogP contribution in [0.3, 0.4) is 0 Å². The summed E-state index contributed by atoms with van der Waals surface area (Å²) >= 11 is 0. The molecular weight excluding hydrogens is 309 g/mol. The van der Waals surface area contributed by atoms with Gasteiger partial charge in [0.25, 0.3) is 0 Å². The fourth-order valence-corrected chi connectivity index (χ4v) is 2.79. The summed E-state index contributed by atoms with van der Waals surface area (Å²) < 4.78 is 38.1. The Morgan fingerprint density at radius 3 is 2.26 bits per heavy atom. The van der Waals surface area contributed by atoms with Crippen LogP contribution in [0.1, 0.15) is 52.9 Å². The monoisotopic (exact) mass is 338 g/mol. The number of carbonyl (C=O) groups excluding carboxylic acids is 1. The Balaban J connectivity index is 2.29. The van der Waals surface area contributed by atoms with Gasteiger partial charge in [-0.1, -0.05) is 26.7 Å². The molecule has 1 aliphatic heterocycles. The minimum Gasteiger partial charge on any atom is -0.380 e. The normalized spacial score (nSPS) is 20.5. The van der Waals surface area contributed by atoms with Gasteiger partial charge in [0.15, 0.2) is 5.60 Å². The summed E-state index contributed by atoms with van der Waals surface area (Å²) in [7, 11) is 0. The number of nitrogens with zero attached hydrogens (tertiary/aromatic N) is 1. The van der Waals surface area contributed by atoms with Crippen molar-refractivity contribution in [2.75, 3.05) is 19.6 Å².